The lowest BCUT2D eigenvalue weighted by Gasteiger charge is -2.45. The first kappa shape index (κ1) is 33.5. The molecule has 1 aliphatic carbocycles. The molecule has 4 aliphatic rings. The zero-order valence-electron chi connectivity index (χ0n) is 25.1. The summed E-state index contributed by atoms with van der Waals surface area (Å²) in [7, 11) is 0. The molecular weight excluding hydrogens is 558 g/mol. The van der Waals surface area contributed by atoms with Crippen LogP contribution in [0.1, 0.15) is 65.2 Å². The average Bonchev–Trinajstić information content (AvgIpc) is 3.75. The molecule has 9 atom stereocenters. The van der Waals surface area contributed by atoms with Crippen LogP contribution in [0.3, 0.4) is 0 Å². The van der Waals surface area contributed by atoms with Gasteiger partial charge in [-0.1, -0.05) is 49.5 Å². The molecule has 0 aromatic rings. The van der Waals surface area contributed by atoms with Gasteiger partial charge in [0.2, 0.25) is 5.79 Å². The number of aliphatic hydroxyl groups excluding tert-OH is 2. The fourth-order valence-electron chi connectivity index (χ4n) is 6.29. The average molecular weight is 606 g/mol. The number of aliphatic carboxylic acids is 1. The van der Waals surface area contributed by atoms with E-state index < -0.39 is 48.1 Å². The molecule has 4 unspecified atom stereocenters. The molecule has 43 heavy (non-hydrogen) atoms. The number of nitrogens with one attached hydrogen (secondary N) is 1. The lowest BCUT2D eigenvalue weighted by molar-refractivity contribution is -0.285. The molecule has 0 aromatic carbocycles. The zero-order valence-corrected chi connectivity index (χ0v) is 25.1. The van der Waals surface area contributed by atoms with E-state index in [4.69, 9.17) is 24.1 Å². The molecule has 1 spiro atoms. The topological polar surface area (TPSA) is 164 Å². The number of allylic oxidation sites excluding steroid dienone is 5. The maximum Gasteiger partial charge on any atom is 0.328 e. The van der Waals surface area contributed by atoms with Gasteiger partial charge in [0.25, 0.3) is 5.91 Å². The third-order valence-electron chi connectivity index (χ3n) is 9.25. The third kappa shape index (κ3) is 8.63. The largest absolute Gasteiger partial charge is 0.478 e. The number of hydrogen-bond donors (Lipinski definition) is 5. The molecule has 11 heteroatoms. The van der Waals surface area contributed by atoms with Crippen molar-refractivity contribution in [3.8, 4) is 0 Å². The van der Waals surface area contributed by atoms with E-state index in [0.29, 0.717) is 18.4 Å². The van der Waals surface area contributed by atoms with Crippen molar-refractivity contribution in [2.24, 2.45) is 11.3 Å². The van der Waals surface area contributed by atoms with Crippen LogP contribution in [0.4, 0.5) is 0 Å². The quantitative estimate of drug-likeness (QED) is 0.0966. The predicted octanol–water partition coefficient (Wildman–Crippen LogP) is 2.51. The van der Waals surface area contributed by atoms with Crippen LogP contribution in [-0.2, 0) is 28.5 Å². The highest BCUT2D eigenvalue weighted by atomic mass is 16.7. The number of amides is 1. The van der Waals surface area contributed by atoms with Crippen molar-refractivity contribution in [2.75, 3.05) is 13.4 Å². The normalized spacial score (nSPS) is 35.6. The highest BCUT2D eigenvalue weighted by Gasteiger charge is 2.58. The maximum atomic E-state index is 13.2. The van der Waals surface area contributed by atoms with Crippen molar-refractivity contribution in [1.29, 1.82) is 0 Å². The van der Waals surface area contributed by atoms with Gasteiger partial charge in [0, 0.05) is 24.8 Å². The van der Waals surface area contributed by atoms with Gasteiger partial charge in [-0.25, -0.2) is 4.79 Å². The summed E-state index contributed by atoms with van der Waals surface area (Å²) in [6, 6.07) is -0.638. The second-order valence-corrected chi connectivity index (χ2v) is 12.5. The van der Waals surface area contributed by atoms with E-state index in [0.717, 1.165) is 38.2 Å². The molecule has 0 bridgehead atoms. The van der Waals surface area contributed by atoms with E-state index in [1.807, 2.05) is 19.1 Å². The highest BCUT2D eigenvalue weighted by Crippen LogP contribution is 2.58. The van der Waals surface area contributed by atoms with E-state index in [1.54, 1.807) is 19.1 Å². The number of ether oxygens (including phenoxy) is 4. The molecule has 1 saturated carbocycles. The first-order chi connectivity index (χ1) is 20.4. The van der Waals surface area contributed by atoms with Gasteiger partial charge in [0.1, 0.15) is 12.9 Å². The number of carbonyl (C=O) groups is 2. The summed E-state index contributed by atoms with van der Waals surface area (Å²) in [4.78, 5) is 23.7. The molecule has 0 aromatic heterocycles. The molecule has 3 aliphatic heterocycles. The summed E-state index contributed by atoms with van der Waals surface area (Å²) in [5.74, 6) is -3.89. The summed E-state index contributed by atoms with van der Waals surface area (Å²) < 4.78 is 23.9. The van der Waals surface area contributed by atoms with Gasteiger partial charge in [-0.2, -0.15) is 0 Å². The van der Waals surface area contributed by atoms with Gasteiger partial charge in [-0.3, -0.25) is 4.79 Å². The molecule has 3 heterocycles. The van der Waals surface area contributed by atoms with E-state index in [2.05, 4.69) is 11.9 Å². The van der Waals surface area contributed by atoms with Crippen molar-refractivity contribution < 1.29 is 49.0 Å². The summed E-state index contributed by atoms with van der Waals surface area (Å²) in [5, 5.41) is 44.2. The minimum atomic E-state index is -2.09. The highest BCUT2D eigenvalue weighted by molar-refractivity contribution is 5.82. The summed E-state index contributed by atoms with van der Waals surface area (Å²) >= 11 is 0. The molecule has 0 radical (unpaired) electrons. The first-order valence-electron chi connectivity index (χ1n) is 15.3. The Morgan fingerprint density at radius 3 is 2.60 bits per heavy atom. The van der Waals surface area contributed by atoms with Gasteiger partial charge >= 0.3 is 5.97 Å². The van der Waals surface area contributed by atoms with Crippen LogP contribution in [0.15, 0.2) is 48.6 Å². The molecular formula is C32H47NO10. The van der Waals surface area contributed by atoms with Crippen LogP contribution in [0.5, 0.6) is 0 Å². The lowest BCUT2D eigenvalue weighted by Crippen LogP contribution is -2.62. The summed E-state index contributed by atoms with van der Waals surface area (Å²) in [6.45, 7) is 7.83. The molecule has 3 saturated heterocycles. The van der Waals surface area contributed by atoms with E-state index in [1.165, 1.54) is 6.08 Å². The Bertz CT molecular complexity index is 1080. The fourth-order valence-corrected chi connectivity index (χ4v) is 6.29. The minimum absolute atomic E-state index is 0.0190. The molecule has 11 nitrogen and oxygen atoms in total. The molecule has 4 fully saturated rings. The van der Waals surface area contributed by atoms with Gasteiger partial charge in [0.15, 0.2) is 6.10 Å². The zero-order chi connectivity index (χ0) is 31.2. The molecule has 240 valence electrons. The number of unbranched alkanes of at least 4 members (excludes halogenated alkanes) is 1. The van der Waals surface area contributed by atoms with E-state index in [9.17, 15) is 24.9 Å². The number of fused-ring (bicyclic) bond motifs is 1. The second kappa shape index (κ2) is 14.6. The Morgan fingerprint density at radius 1 is 1.16 bits per heavy atom. The third-order valence-corrected chi connectivity index (χ3v) is 9.25. The fraction of sp³-hybridized carbons (Fsp3) is 0.688. The Hall–Kier alpha value is -2.38. The van der Waals surface area contributed by atoms with Crippen molar-refractivity contribution in [3.63, 3.8) is 0 Å². The maximum absolute atomic E-state index is 13.2. The number of hydrogen-bond acceptors (Lipinski definition) is 9. The second-order valence-electron chi connectivity index (χ2n) is 12.5. The Balaban J connectivity index is 1.32. The standard InChI is InChI=1S/C32H47NO10/c1-20-16-32(39,43-22(3)21(20)2)29(37)30(38)33-24-18-40-19-41-25-17-31(13-14-31)26(42-28(24)25)15-23(34)11-9-7-5-4-6-8-10-12-27(35)36/h4-6,8,10,12,21-26,28-29,34,37,39H,1,7,9,11,13-19H2,2-3H3,(H,33,38)(H,35,36)/b5-4+,8-6+,12-10+/t21-,22-,23?,24?,25-,26?,28-,29?,32-/m1/s1. The van der Waals surface area contributed by atoms with Crippen molar-refractivity contribution in [2.45, 2.75) is 114 Å². The van der Waals surface area contributed by atoms with Crippen LogP contribution in [0.2, 0.25) is 0 Å². The molecule has 1 amide bonds. The lowest BCUT2D eigenvalue weighted by atomic mass is 9.82. The van der Waals surface area contributed by atoms with Crippen LogP contribution in [0.25, 0.3) is 0 Å². The number of carboxylic acid groups (broad SMARTS) is 1. The number of rotatable bonds is 12. The van der Waals surface area contributed by atoms with Crippen LogP contribution in [-0.4, -0.2) is 94.2 Å². The summed E-state index contributed by atoms with van der Waals surface area (Å²) in [6.07, 6.45) is 11.1. The van der Waals surface area contributed by atoms with Gasteiger partial charge < -0.3 is 44.7 Å². The van der Waals surface area contributed by atoms with Crippen molar-refractivity contribution >= 4 is 11.9 Å². The van der Waals surface area contributed by atoms with Crippen LogP contribution < -0.4 is 5.32 Å². The van der Waals surface area contributed by atoms with Crippen LogP contribution >= 0.6 is 0 Å². The summed E-state index contributed by atoms with van der Waals surface area (Å²) in [5.41, 5.74) is 0.622. The predicted molar refractivity (Wildman–Crippen MR) is 157 cm³/mol. The Kier molecular flexibility index (Phi) is 11.4. The smallest absolute Gasteiger partial charge is 0.328 e. The number of aliphatic hydroxyl groups is 3. The number of carbonyl (C=O) groups excluding carboxylic acids is 1. The molecule has 5 N–H and O–H groups in total. The minimum Gasteiger partial charge on any atom is -0.478 e. The van der Waals surface area contributed by atoms with Crippen LogP contribution in [0, 0.1) is 11.3 Å². The van der Waals surface area contributed by atoms with E-state index >= 15 is 0 Å². The molecule has 4 rings (SSSR count). The monoisotopic (exact) mass is 605 g/mol. The number of carboxylic acids is 1. The SMILES string of the molecule is C=C1C[C@](O)(C(O)C(=O)NC2COCO[C@@H]3CC4(CC4)C(CC(O)CCC/C=C/C=C/C=C/C(=O)O)O[C@H]23)O[C@H](C)[C@@H]1C. The van der Waals surface area contributed by atoms with Gasteiger partial charge in [-0.05, 0) is 50.9 Å². The van der Waals surface area contributed by atoms with E-state index in [-0.39, 0.29) is 43.4 Å². The Labute approximate surface area is 253 Å². The Morgan fingerprint density at radius 2 is 1.91 bits per heavy atom. The van der Waals surface area contributed by atoms with Gasteiger partial charge in [-0.15, -0.1) is 0 Å². The van der Waals surface area contributed by atoms with Gasteiger partial charge in [0.05, 0.1) is 37.1 Å². The van der Waals surface area contributed by atoms with Crippen molar-refractivity contribution in [1.82, 2.24) is 5.32 Å². The first-order valence-corrected chi connectivity index (χ1v) is 15.3. The van der Waals surface area contributed by atoms with Crippen molar-refractivity contribution in [3.05, 3.63) is 48.6 Å².